The van der Waals surface area contributed by atoms with E-state index >= 15 is 0 Å². The minimum absolute atomic E-state index is 0.0193. The molecule has 1 amide bonds. The van der Waals surface area contributed by atoms with Gasteiger partial charge in [0.1, 0.15) is 5.58 Å². The second kappa shape index (κ2) is 6.74. The molecule has 1 aliphatic heterocycles. The Hall–Kier alpha value is -1.57. The van der Waals surface area contributed by atoms with Crippen molar-refractivity contribution >= 4 is 38.3 Å². The summed E-state index contributed by atoms with van der Waals surface area (Å²) in [4.78, 5) is 14.4. The Labute approximate surface area is 145 Å². The van der Waals surface area contributed by atoms with Gasteiger partial charge in [0.2, 0.25) is 0 Å². The molecule has 1 unspecified atom stereocenters. The molecular formula is C16H18ClNO5S. The molecule has 130 valence electrons. The number of furan rings is 1. The quantitative estimate of drug-likeness (QED) is 0.806. The topological polar surface area (TPSA) is 76.8 Å². The standard InChI is InChI=1S/C16H18ClNO5S/c1-22-6-5-18(13-4-7-24(20,21)10-13)16(19)15-9-11-8-12(17)2-3-14(11)23-15/h2-3,8-9,13H,4-7,10H2,1H3. The average Bonchev–Trinajstić information content (AvgIpc) is 3.10. The third-order valence-electron chi connectivity index (χ3n) is 4.14. The van der Waals surface area contributed by atoms with Crippen molar-refractivity contribution in [3.05, 3.63) is 35.0 Å². The SMILES string of the molecule is COCCN(C(=O)c1cc2cc(Cl)ccc2o1)C1CCS(=O)(=O)C1. The summed E-state index contributed by atoms with van der Waals surface area (Å²) in [6.07, 6.45) is 0.434. The fraction of sp³-hybridized carbons (Fsp3) is 0.438. The summed E-state index contributed by atoms with van der Waals surface area (Å²) in [5.41, 5.74) is 0.563. The van der Waals surface area contributed by atoms with E-state index in [1.165, 1.54) is 12.0 Å². The molecule has 1 saturated heterocycles. The van der Waals surface area contributed by atoms with Crippen LogP contribution in [-0.2, 0) is 14.6 Å². The number of methoxy groups -OCH3 is 1. The lowest BCUT2D eigenvalue weighted by atomic mass is 10.2. The number of carbonyl (C=O) groups excluding carboxylic acids is 1. The van der Waals surface area contributed by atoms with E-state index < -0.39 is 9.84 Å². The first-order chi connectivity index (χ1) is 11.4. The van der Waals surface area contributed by atoms with Gasteiger partial charge in [0, 0.05) is 30.1 Å². The predicted octanol–water partition coefficient (Wildman–Crippen LogP) is 2.36. The summed E-state index contributed by atoms with van der Waals surface area (Å²) in [5, 5.41) is 1.29. The van der Waals surface area contributed by atoms with Crippen LogP contribution in [0.5, 0.6) is 0 Å². The summed E-state index contributed by atoms with van der Waals surface area (Å²) in [7, 11) is -1.56. The molecule has 1 fully saturated rings. The van der Waals surface area contributed by atoms with Gasteiger partial charge in [-0.2, -0.15) is 0 Å². The maximum absolute atomic E-state index is 12.9. The molecule has 0 radical (unpaired) electrons. The second-order valence-corrected chi connectivity index (χ2v) is 8.51. The van der Waals surface area contributed by atoms with E-state index in [0.29, 0.717) is 30.2 Å². The summed E-state index contributed by atoms with van der Waals surface area (Å²) >= 11 is 5.95. The molecule has 8 heteroatoms. The minimum Gasteiger partial charge on any atom is -0.451 e. The van der Waals surface area contributed by atoms with Crippen LogP contribution in [0.25, 0.3) is 11.0 Å². The van der Waals surface area contributed by atoms with E-state index in [4.69, 9.17) is 20.8 Å². The highest BCUT2D eigenvalue weighted by atomic mass is 35.5. The first-order valence-electron chi connectivity index (χ1n) is 7.59. The number of benzene rings is 1. The van der Waals surface area contributed by atoms with Gasteiger partial charge in [0.05, 0.1) is 18.1 Å². The summed E-state index contributed by atoms with van der Waals surface area (Å²) in [6.45, 7) is 0.641. The van der Waals surface area contributed by atoms with Gasteiger partial charge in [0.25, 0.3) is 5.91 Å². The number of nitrogens with zero attached hydrogens (tertiary/aromatic N) is 1. The Balaban J connectivity index is 1.89. The third-order valence-corrected chi connectivity index (χ3v) is 6.12. The summed E-state index contributed by atoms with van der Waals surface area (Å²) in [6, 6.07) is 6.39. The molecule has 3 rings (SSSR count). The Bertz CT molecular complexity index is 860. The molecule has 0 spiro atoms. The van der Waals surface area contributed by atoms with Crippen LogP contribution in [0.15, 0.2) is 28.7 Å². The number of halogens is 1. The molecule has 0 bridgehead atoms. The van der Waals surface area contributed by atoms with Crippen molar-refractivity contribution in [3.8, 4) is 0 Å². The number of ether oxygens (including phenoxy) is 1. The number of hydrogen-bond donors (Lipinski definition) is 0. The van der Waals surface area contributed by atoms with Crippen LogP contribution in [0, 0.1) is 0 Å². The average molecular weight is 372 g/mol. The van der Waals surface area contributed by atoms with Crippen molar-refractivity contribution in [1.82, 2.24) is 4.90 Å². The van der Waals surface area contributed by atoms with E-state index in [1.807, 2.05) is 0 Å². The molecule has 24 heavy (non-hydrogen) atoms. The molecule has 0 saturated carbocycles. The first-order valence-corrected chi connectivity index (χ1v) is 9.79. The fourth-order valence-electron chi connectivity index (χ4n) is 2.92. The molecule has 0 aliphatic carbocycles. The van der Waals surface area contributed by atoms with E-state index in [-0.39, 0.29) is 29.2 Å². The molecule has 1 aromatic carbocycles. The van der Waals surface area contributed by atoms with E-state index in [1.54, 1.807) is 24.3 Å². The Kier molecular flexibility index (Phi) is 4.85. The molecule has 1 atom stereocenters. The highest BCUT2D eigenvalue weighted by Gasteiger charge is 2.35. The predicted molar refractivity (Wildman–Crippen MR) is 91.2 cm³/mol. The van der Waals surface area contributed by atoms with Crippen LogP contribution in [0.2, 0.25) is 5.02 Å². The number of fused-ring (bicyclic) bond motifs is 1. The van der Waals surface area contributed by atoms with Crippen molar-refractivity contribution in [2.75, 3.05) is 31.8 Å². The first kappa shape index (κ1) is 17.3. The minimum atomic E-state index is -3.09. The monoisotopic (exact) mass is 371 g/mol. The highest BCUT2D eigenvalue weighted by molar-refractivity contribution is 7.91. The Morgan fingerprint density at radius 1 is 1.42 bits per heavy atom. The lowest BCUT2D eigenvalue weighted by Gasteiger charge is -2.27. The fourth-order valence-corrected chi connectivity index (χ4v) is 4.83. The van der Waals surface area contributed by atoms with E-state index in [9.17, 15) is 13.2 Å². The number of sulfone groups is 1. The molecule has 6 nitrogen and oxygen atoms in total. The normalized spacial score (nSPS) is 19.7. The van der Waals surface area contributed by atoms with Gasteiger partial charge in [-0.15, -0.1) is 0 Å². The lowest BCUT2D eigenvalue weighted by Crippen LogP contribution is -2.42. The van der Waals surface area contributed by atoms with Crippen LogP contribution in [-0.4, -0.2) is 57.0 Å². The maximum Gasteiger partial charge on any atom is 0.289 e. The van der Waals surface area contributed by atoms with Gasteiger partial charge in [-0.3, -0.25) is 4.79 Å². The Morgan fingerprint density at radius 3 is 2.88 bits per heavy atom. The summed E-state index contributed by atoms with van der Waals surface area (Å²) in [5.74, 6) is -0.0762. The lowest BCUT2D eigenvalue weighted by molar-refractivity contribution is 0.0595. The van der Waals surface area contributed by atoms with Crippen molar-refractivity contribution in [2.45, 2.75) is 12.5 Å². The van der Waals surface area contributed by atoms with Gasteiger partial charge < -0.3 is 14.1 Å². The van der Waals surface area contributed by atoms with E-state index in [0.717, 1.165) is 5.39 Å². The van der Waals surface area contributed by atoms with Crippen molar-refractivity contribution in [3.63, 3.8) is 0 Å². The number of hydrogen-bond acceptors (Lipinski definition) is 5. The molecule has 2 aromatic rings. The zero-order valence-corrected chi connectivity index (χ0v) is 14.8. The Morgan fingerprint density at radius 2 is 2.21 bits per heavy atom. The second-order valence-electron chi connectivity index (χ2n) is 5.84. The highest BCUT2D eigenvalue weighted by Crippen LogP contribution is 2.26. The molecule has 1 aliphatic rings. The maximum atomic E-state index is 12.9. The number of rotatable bonds is 5. The van der Waals surface area contributed by atoms with Crippen LogP contribution in [0.1, 0.15) is 17.0 Å². The van der Waals surface area contributed by atoms with Gasteiger partial charge in [0.15, 0.2) is 15.6 Å². The van der Waals surface area contributed by atoms with Crippen LogP contribution in [0.4, 0.5) is 0 Å². The third kappa shape index (κ3) is 3.58. The van der Waals surface area contributed by atoms with Gasteiger partial charge >= 0.3 is 0 Å². The van der Waals surface area contributed by atoms with E-state index in [2.05, 4.69) is 0 Å². The van der Waals surface area contributed by atoms with Crippen LogP contribution < -0.4 is 0 Å². The van der Waals surface area contributed by atoms with Gasteiger partial charge in [-0.1, -0.05) is 11.6 Å². The zero-order chi connectivity index (χ0) is 17.3. The molecular weight excluding hydrogens is 354 g/mol. The van der Waals surface area contributed by atoms with Crippen molar-refractivity contribution in [2.24, 2.45) is 0 Å². The van der Waals surface area contributed by atoms with Gasteiger partial charge in [-0.05, 0) is 30.7 Å². The molecule has 1 aromatic heterocycles. The number of amides is 1. The zero-order valence-electron chi connectivity index (χ0n) is 13.2. The largest absolute Gasteiger partial charge is 0.451 e. The smallest absolute Gasteiger partial charge is 0.289 e. The van der Waals surface area contributed by atoms with Crippen molar-refractivity contribution in [1.29, 1.82) is 0 Å². The summed E-state index contributed by atoms with van der Waals surface area (Å²) < 4.78 is 34.2. The molecule has 2 heterocycles. The number of carbonyl (C=O) groups is 1. The van der Waals surface area contributed by atoms with Crippen molar-refractivity contribution < 1.29 is 22.4 Å². The van der Waals surface area contributed by atoms with Crippen LogP contribution >= 0.6 is 11.6 Å². The van der Waals surface area contributed by atoms with Gasteiger partial charge in [-0.25, -0.2) is 8.42 Å². The van der Waals surface area contributed by atoms with Crippen LogP contribution in [0.3, 0.4) is 0 Å². The molecule has 0 N–H and O–H groups in total.